The minimum absolute atomic E-state index is 0.301. The van der Waals surface area contributed by atoms with Gasteiger partial charge in [-0.2, -0.15) is 0 Å². The summed E-state index contributed by atoms with van der Waals surface area (Å²) in [6.45, 7) is 19.8. The summed E-state index contributed by atoms with van der Waals surface area (Å²) in [4.78, 5) is 25.0. The van der Waals surface area contributed by atoms with E-state index in [-0.39, 0.29) is 0 Å². The van der Waals surface area contributed by atoms with E-state index in [2.05, 4.69) is 55.4 Å². The lowest BCUT2D eigenvalue weighted by atomic mass is 10.0. The highest BCUT2D eigenvalue weighted by atomic mass is 31.2. The van der Waals surface area contributed by atoms with E-state index in [0.29, 0.717) is 61.9 Å². The molecule has 1 aromatic carbocycles. The number of unbranched alkanes of at least 4 members (excludes halogenated alkanes) is 19. The molecule has 0 spiro atoms. The Bertz CT molecular complexity index is 1110. The third-order valence-electron chi connectivity index (χ3n) is 12.4. The number of hydrogen-bond donors (Lipinski definition) is 0. The number of benzene rings is 1. The monoisotopic (exact) mass is 909 g/mol. The second-order valence-electron chi connectivity index (χ2n) is 18.1. The molecule has 0 amide bonds. The second-order valence-corrected chi connectivity index (χ2v) is 19.7. The fourth-order valence-electron chi connectivity index (χ4n) is 7.55. The molecule has 1 aromatic rings. The molecule has 0 aliphatic heterocycles. The summed E-state index contributed by atoms with van der Waals surface area (Å²) in [6.07, 6.45) is 35.4. The van der Waals surface area contributed by atoms with E-state index in [0.717, 1.165) is 64.2 Å². The first-order valence-electron chi connectivity index (χ1n) is 26.6. The second kappa shape index (κ2) is 44.1. The fourth-order valence-corrected chi connectivity index (χ4v) is 8.95. The molecule has 0 heterocycles. The summed E-state index contributed by atoms with van der Waals surface area (Å²) in [5.74, 6) is 0.379. The minimum Gasteiger partial charge on any atom is -0.462 e. The highest BCUT2D eigenvalue weighted by Crippen LogP contribution is 2.51. The van der Waals surface area contributed by atoms with Gasteiger partial charge in [0.2, 0.25) is 0 Å². The van der Waals surface area contributed by atoms with Gasteiger partial charge in [-0.15, -0.1) is 0 Å². The summed E-state index contributed by atoms with van der Waals surface area (Å²) in [5, 5.41) is 0. The molecule has 9 heteroatoms. The SMILES string of the molecule is CCCCC(CC)COP(=O)(OCC(CC)CCCC)OCC(CC)CCCC.CCCCCCCCCCCOC(=O)c1ccccc1C(=O)OCCCCCCCCCCC. The summed E-state index contributed by atoms with van der Waals surface area (Å²) >= 11 is 0. The molecule has 0 aliphatic rings. The maximum absolute atomic E-state index is 13.4. The van der Waals surface area contributed by atoms with Gasteiger partial charge in [-0.3, -0.25) is 13.6 Å². The molecule has 1 rings (SSSR count). The van der Waals surface area contributed by atoms with Gasteiger partial charge in [0, 0.05) is 0 Å². The van der Waals surface area contributed by atoms with Crippen molar-refractivity contribution >= 4 is 19.8 Å². The third-order valence-corrected chi connectivity index (χ3v) is 13.8. The number of carbonyl (C=O) groups excluding carboxylic acids is 2. The third kappa shape index (κ3) is 34.3. The van der Waals surface area contributed by atoms with E-state index in [4.69, 9.17) is 23.0 Å². The van der Waals surface area contributed by atoms with Gasteiger partial charge in [0.05, 0.1) is 44.2 Å². The van der Waals surface area contributed by atoms with E-state index in [1.165, 1.54) is 128 Å². The molecule has 370 valence electrons. The molecule has 0 fully saturated rings. The van der Waals surface area contributed by atoms with Crippen LogP contribution in [-0.2, 0) is 27.6 Å². The van der Waals surface area contributed by atoms with Crippen molar-refractivity contribution in [3.05, 3.63) is 35.4 Å². The highest BCUT2D eigenvalue weighted by molar-refractivity contribution is 7.48. The zero-order valence-corrected chi connectivity index (χ0v) is 43.4. The van der Waals surface area contributed by atoms with Crippen LogP contribution in [0.1, 0.15) is 269 Å². The molecule has 0 saturated carbocycles. The van der Waals surface area contributed by atoms with Gasteiger partial charge in [0.25, 0.3) is 0 Å². The van der Waals surface area contributed by atoms with Crippen molar-refractivity contribution in [1.29, 1.82) is 0 Å². The van der Waals surface area contributed by atoms with Crippen LogP contribution in [0.2, 0.25) is 0 Å². The van der Waals surface area contributed by atoms with E-state index in [9.17, 15) is 14.2 Å². The van der Waals surface area contributed by atoms with Gasteiger partial charge in [0.1, 0.15) is 0 Å². The molecule has 63 heavy (non-hydrogen) atoms. The predicted molar refractivity (Wildman–Crippen MR) is 267 cm³/mol. The van der Waals surface area contributed by atoms with Crippen molar-refractivity contribution in [2.75, 3.05) is 33.0 Å². The Labute approximate surface area is 389 Å². The summed E-state index contributed by atoms with van der Waals surface area (Å²) in [6, 6.07) is 6.81. The van der Waals surface area contributed by atoms with E-state index >= 15 is 0 Å². The molecule has 3 atom stereocenters. The Morgan fingerprint density at radius 2 is 0.683 bits per heavy atom. The zero-order valence-electron chi connectivity index (χ0n) is 42.5. The van der Waals surface area contributed by atoms with Crippen molar-refractivity contribution in [2.24, 2.45) is 17.8 Å². The molecule has 0 radical (unpaired) electrons. The molecule has 3 unspecified atom stereocenters. The van der Waals surface area contributed by atoms with Crippen molar-refractivity contribution in [2.45, 2.75) is 248 Å². The van der Waals surface area contributed by atoms with Gasteiger partial charge < -0.3 is 9.47 Å². The molecular formula is C54H101O8P. The van der Waals surface area contributed by atoms with Crippen LogP contribution in [-0.4, -0.2) is 45.0 Å². The molecule has 0 N–H and O–H groups in total. The van der Waals surface area contributed by atoms with Crippen LogP contribution in [0.3, 0.4) is 0 Å². The first kappa shape index (κ1) is 61.3. The molecule has 0 aliphatic carbocycles. The lowest BCUT2D eigenvalue weighted by Gasteiger charge is -2.25. The number of esters is 2. The van der Waals surface area contributed by atoms with E-state index in [1.807, 2.05) is 0 Å². The number of phosphoric acid groups is 1. The maximum Gasteiger partial charge on any atom is 0.474 e. The normalized spacial score (nSPS) is 13.7. The van der Waals surface area contributed by atoms with Gasteiger partial charge in [-0.05, 0) is 62.0 Å². The number of ether oxygens (including phenoxy) is 2. The average Bonchev–Trinajstić information content (AvgIpc) is 3.30. The van der Waals surface area contributed by atoms with Crippen LogP contribution in [0, 0.1) is 17.8 Å². The van der Waals surface area contributed by atoms with E-state index in [1.54, 1.807) is 24.3 Å². The Kier molecular flexibility index (Phi) is 42.9. The maximum atomic E-state index is 13.4. The van der Waals surface area contributed by atoms with Crippen LogP contribution in [0.25, 0.3) is 0 Å². The number of phosphoric ester groups is 1. The number of rotatable bonds is 43. The Hall–Kier alpha value is -1.73. The van der Waals surface area contributed by atoms with Crippen LogP contribution >= 0.6 is 7.82 Å². The van der Waals surface area contributed by atoms with Crippen molar-refractivity contribution in [3.63, 3.8) is 0 Å². The van der Waals surface area contributed by atoms with Crippen LogP contribution in [0.4, 0.5) is 0 Å². The van der Waals surface area contributed by atoms with E-state index < -0.39 is 19.8 Å². The van der Waals surface area contributed by atoms with Crippen LogP contribution in [0.15, 0.2) is 24.3 Å². The lowest BCUT2D eigenvalue weighted by molar-refractivity contribution is 0.0450. The predicted octanol–water partition coefficient (Wildman–Crippen LogP) is 17.9. The highest BCUT2D eigenvalue weighted by Gasteiger charge is 2.30. The number of hydrogen-bond acceptors (Lipinski definition) is 8. The lowest BCUT2D eigenvalue weighted by Crippen LogP contribution is -2.16. The summed E-state index contributed by atoms with van der Waals surface area (Å²) < 4.78 is 42.0. The quantitative estimate of drug-likeness (QED) is 0.0363. The number of carbonyl (C=O) groups is 2. The van der Waals surface area contributed by atoms with Gasteiger partial charge in [-0.1, -0.05) is 228 Å². The largest absolute Gasteiger partial charge is 0.474 e. The first-order chi connectivity index (χ1) is 30.7. The molecule has 8 nitrogen and oxygen atoms in total. The Morgan fingerprint density at radius 3 is 0.952 bits per heavy atom. The van der Waals surface area contributed by atoms with Crippen molar-refractivity contribution in [1.82, 2.24) is 0 Å². The standard InChI is InChI=1S/C30H50O4.C24H51O4P/c1-3-5-7-9-11-13-15-17-21-25-33-29(31)27-23-19-20-24-28(27)30(32)34-26-22-18-16-14-12-10-8-6-4-2;1-7-13-16-22(10-4)19-26-29(25,27-20-23(11-5)17-14-8-2)28-21-24(12-6)18-15-9-3/h19-20,23-24H,3-18,21-22,25-26H2,1-2H3;22-24H,7-21H2,1-6H3. The summed E-state index contributed by atoms with van der Waals surface area (Å²) in [5.41, 5.74) is 0.603. The van der Waals surface area contributed by atoms with Crippen molar-refractivity contribution in [3.8, 4) is 0 Å². The van der Waals surface area contributed by atoms with Crippen molar-refractivity contribution < 1.29 is 37.2 Å². The topological polar surface area (TPSA) is 97.4 Å². The Morgan fingerprint density at radius 1 is 0.413 bits per heavy atom. The smallest absolute Gasteiger partial charge is 0.462 e. The molecule has 0 bridgehead atoms. The van der Waals surface area contributed by atoms with Crippen LogP contribution < -0.4 is 0 Å². The van der Waals surface area contributed by atoms with Gasteiger partial charge in [-0.25, -0.2) is 14.2 Å². The molecule has 0 saturated heterocycles. The van der Waals surface area contributed by atoms with Crippen LogP contribution in [0.5, 0.6) is 0 Å². The first-order valence-corrected chi connectivity index (χ1v) is 28.1. The van der Waals surface area contributed by atoms with Gasteiger partial charge in [0.15, 0.2) is 0 Å². The van der Waals surface area contributed by atoms with Gasteiger partial charge >= 0.3 is 19.8 Å². The molecular weight excluding hydrogens is 808 g/mol. The average molecular weight is 909 g/mol. The fraction of sp³-hybridized carbons (Fsp3) is 0.852. The zero-order chi connectivity index (χ0) is 46.7. The minimum atomic E-state index is -3.52. The Balaban J connectivity index is 0.00000124. The molecule has 0 aromatic heterocycles. The summed E-state index contributed by atoms with van der Waals surface area (Å²) in [7, 11) is -3.52.